The monoisotopic (exact) mass is 251 g/mol. The second-order valence-electron chi connectivity index (χ2n) is 4.85. The molecule has 0 bridgehead atoms. The smallest absolute Gasteiger partial charge is 0.186 e. The summed E-state index contributed by atoms with van der Waals surface area (Å²) >= 11 is 0. The molecule has 0 aliphatic carbocycles. The van der Waals surface area contributed by atoms with Crippen LogP contribution in [0.3, 0.4) is 0 Å². The maximum absolute atomic E-state index is 12.5. The maximum Gasteiger partial charge on any atom is 0.186 e. The Morgan fingerprint density at radius 1 is 1.17 bits per heavy atom. The van der Waals surface area contributed by atoms with Crippen LogP contribution in [0.1, 0.15) is 24.2 Å². The molecule has 0 radical (unpaired) electrons. The van der Waals surface area contributed by atoms with Crippen molar-refractivity contribution < 1.29 is 14.3 Å². The molecule has 0 atom stereocenters. The number of rotatable bonds is 5. The fourth-order valence-electron chi connectivity index (χ4n) is 1.52. The SMILES string of the molecule is COc1ccc(C(=O)C(C)(C)N(C)C)c(OC)c1. The van der Waals surface area contributed by atoms with E-state index in [2.05, 4.69) is 0 Å². The summed E-state index contributed by atoms with van der Waals surface area (Å²) in [7, 11) is 6.90. The third kappa shape index (κ3) is 2.64. The molecule has 0 fully saturated rings. The lowest BCUT2D eigenvalue weighted by molar-refractivity contribution is 0.0752. The number of Topliss-reactive ketones (excluding diaryl/α,β-unsaturated/α-hetero) is 1. The van der Waals surface area contributed by atoms with Crippen LogP contribution in [-0.4, -0.2) is 44.5 Å². The van der Waals surface area contributed by atoms with Gasteiger partial charge in [-0.3, -0.25) is 9.69 Å². The highest BCUT2D eigenvalue weighted by molar-refractivity contribution is 6.04. The number of carbonyl (C=O) groups excluding carboxylic acids is 1. The zero-order valence-electron chi connectivity index (χ0n) is 11.9. The van der Waals surface area contributed by atoms with Gasteiger partial charge in [0.05, 0.1) is 25.3 Å². The van der Waals surface area contributed by atoms with Crippen molar-refractivity contribution in [3.05, 3.63) is 23.8 Å². The number of ether oxygens (including phenoxy) is 2. The van der Waals surface area contributed by atoms with E-state index in [1.54, 1.807) is 32.4 Å². The van der Waals surface area contributed by atoms with Crippen LogP contribution in [0.4, 0.5) is 0 Å². The average Bonchev–Trinajstić information content (AvgIpc) is 2.36. The van der Waals surface area contributed by atoms with Gasteiger partial charge in [0.2, 0.25) is 0 Å². The zero-order valence-corrected chi connectivity index (χ0v) is 11.9. The standard InChI is InChI=1S/C14H21NO3/c1-14(2,15(3)4)13(16)11-8-7-10(17-5)9-12(11)18-6/h7-9H,1-6H3. The van der Waals surface area contributed by atoms with Gasteiger partial charge in [0.15, 0.2) is 5.78 Å². The minimum Gasteiger partial charge on any atom is -0.497 e. The minimum atomic E-state index is -0.581. The van der Waals surface area contributed by atoms with E-state index < -0.39 is 5.54 Å². The maximum atomic E-state index is 12.5. The lowest BCUT2D eigenvalue weighted by Gasteiger charge is -2.31. The van der Waals surface area contributed by atoms with Crippen LogP contribution in [0, 0.1) is 0 Å². The van der Waals surface area contributed by atoms with Gasteiger partial charge in [0.1, 0.15) is 11.5 Å². The highest BCUT2D eigenvalue weighted by atomic mass is 16.5. The third-order valence-electron chi connectivity index (χ3n) is 3.33. The Morgan fingerprint density at radius 2 is 1.78 bits per heavy atom. The van der Waals surface area contributed by atoms with Crippen molar-refractivity contribution in [2.24, 2.45) is 0 Å². The fraction of sp³-hybridized carbons (Fsp3) is 0.500. The molecule has 4 nitrogen and oxygen atoms in total. The number of ketones is 1. The summed E-state index contributed by atoms with van der Waals surface area (Å²) in [4.78, 5) is 14.4. The molecule has 1 rings (SSSR count). The summed E-state index contributed by atoms with van der Waals surface area (Å²) in [6.45, 7) is 3.78. The van der Waals surface area contributed by atoms with Crippen molar-refractivity contribution >= 4 is 5.78 Å². The molecule has 1 aromatic carbocycles. The summed E-state index contributed by atoms with van der Waals surface area (Å²) in [6, 6.07) is 5.23. The first-order valence-electron chi connectivity index (χ1n) is 5.78. The van der Waals surface area contributed by atoms with Crippen molar-refractivity contribution in [3.63, 3.8) is 0 Å². The Balaban J connectivity index is 3.21. The van der Waals surface area contributed by atoms with Crippen LogP contribution in [0.5, 0.6) is 11.5 Å². The number of likely N-dealkylation sites (N-methyl/N-ethyl adjacent to an activating group) is 1. The normalized spacial score (nSPS) is 11.5. The fourth-order valence-corrected chi connectivity index (χ4v) is 1.52. The molecule has 0 N–H and O–H groups in total. The molecule has 0 aliphatic heterocycles. The molecular weight excluding hydrogens is 230 g/mol. The van der Waals surface area contributed by atoms with Gasteiger partial charge in [-0.2, -0.15) is 0 Å². The molecule has 100 valence electrons. The van der Waals surface area contributed by atoms with Gasteiger partial charge in [-0.25, -0.2) is 0 Å². The number of hydrogen-bond donors (Lipinski definition) is 0. The molecule has 0 spiro atoms. The molecule has 1 aromatic rings. The largest absolute Gasteiger partial charge is 0.497 e. The first kappa shape index (κ1) is 14.5. The van der Waals surface area contributed by atoms with E-state index in [9.17, 15) is 4.79 Å². The van der Waals surface area contributed by atoms with Gasteiger partial charge in [-0.15, -0.1) is 0 Å². The van der Waals surface area contributed by atoms with E-state index in [-0.39, 0.29) is 5.78 Å². The van der Waals surface area contributed by atoms with Crippen molar-refractivity contribution in [1.82, 2.24) is 4.90 Å². The first-order valence-corrected chi connectivity index (χ1v) is 5.78. The molecule has 0 heterocycles. The van der Waals surface area contributed by atoms with Gasteiger partial charge in [0.25, 0.3) is 0 Å². The Morgan fingerprint density at radius 3 is 2.22 bits per heavy atom. The Bertz CT molecular complexity index is 439. The summed E-state index contributed by atoms with van der Waals surface area (Å²) in [5, 5.41) is 0. The molecule has 18 heavy (non-hydrogen) atoms. The number of nitrogens with zero attached hydrogens (tertiary/aromatic N) is 1. The molecule has 4 heteroatoms. The highest BCUT2D eigenvalue weighted by Gasteiger charge is 2.32. The molecule has 0 aliphatic rings. The van der Waals surface area contributed by atoms with Crippen LogP contribution < -0.4 is 9.47 Å². The molecule has 0 unspecified atom stereocenters. The molecule has 0 amide bonds. The summed E-state index contributed by atoms with van der Waals surface area (Å²) < 4.78 is 10.4. The second-order valence-corrected chi connectivity index (χ2v) is 4.85. The Kier molecular flexibility index (Phi) is 4.35. The summed E-state index contributed by atoms with van der Waals surface area (Å²) in [5.74, 6) is 1.23. The summed E-state index contributed by atoms with van der Waals surface area (Å²) in [5.41, 5.74) is -0.0148. The van der Waals surface area contributed by atoms with Crippen molar-refractivity contribution in [2.45, 2.75) is 19.4 Å². The van der Waals surface area contributed by atoms with Crippen molar-refractivity contribution in [1.29, 1.82) is 0 Å². The van der Waals surface area contributed by atoms with Gasteiger partial charge in [-0.1, -0.05) is 0 Å². The van der Waals surface area contributed by atoms with Crippen molar-refractivity contribution in [2.75, 3.05) is 28.3 Å². The predicted molar refractivity (Wildman–Crippen MR) is 71.6 cm³/mol. The Hall–Kier alpha value is -1.55. The summed E-state index contributed by atoms with van der Waals surface area (Å²) in [6.07, 6.45) is 0. The predicted octanol–water partition coefficient (Wildman–Crippen LogP) is 2.23. The van der Waals surface area contributed by atoms with Gasteiger partial charge >= 0.3 is 0 Å². The molecule has 0 saturated carbocycles. The van der Waals surface area contributed by atoms with E-state index in [1.165, 1.54) is 0 Å². The number of hydrogen-bond acceptors (Lipinski definition) is 4. The van der Waals surface area contributed by atoms with Gasteiger partial charge in [-0.05, 0) is 40.1 Å². The number of benzene rings is 1. The average molecular weight is 251 g/mol. The van der Waals surface area contributed by atoms with E-state index in [1.807, 2.05) is 32.8 Å². The van der Waals surface area contributed by atoms with Crippen LogP contribution in [0.2, 0.25) is 0 Å². The van der Waals surface area contributed by atoms with E-state index >= 15 is 0 Å². The van der Waals surface area contributed by atoms with Crippen LogP contribution >= 0.6 is 0 Å². The van der Waals surface area contributed by atoms with Gasteiger partial charge in [0, 0.05) is 6.07 Å². The van der Waals surface area contributed by atoms with Crippen LogP contribution in [-0.2, 0) is 0 Å². The lowest BCUT2D eigenvalue weighted by atomic mass is 9.91. The van der Waals surface area contributed by atoms with E-state index in [0.29, 0.717) is 17.1 Å². The molecule has 0 aromatic heterocycles. The minimum absolute atomic E-state index is 0.0204. The zero-order chi connectivity index (χ0) is 13.9. The van der Waals surface area contributed by atoms with E-state index in [4.69, 9.17) is 9.47 Å². The molecular formula is C14H21NO3. The van der Waals surface area contributed by atoms with Crippen molar-refractivity contribution in [3.8, 4) is 11.5 Å². The topological polar surface area (TPSA) is 38.8 Å². The van der Waals surface area contributed by atoms with Crippen LogP contribution in [0.25, 0.3) is 0 Å². The highest BCUT2D eigenvalue weighted by Crippen LogP contribution is 2.29. The third-order valence-corrected chi connectivity index (χ3v) is 3.33. The number of methoxy groups -OCH3 is 2. The van der Waals surface area contributed by atoms with E-state index in [0.717, 1.165) is 0 Å². The lowest BCUT2D eigenvalue weighted by Crippen LogP contribution is -2.45. The Labute approximate surface area is 108 Å². The van der Waals surface area contributed by atoms with Crippen LogP contribution in [0.15, 0.2) is 18.2 Å². The number of carbonyl (C=O) groups is 1. The molecule has 0 saturated heterocycles. The van der Waals surface area contributed by atoms with Gasteiger partial charge < -0.3 is 9.47 Å². The first-order chi connectivity index (χ1) is 8.34. The quantitative estimate of drug-likeness (QED) is 0.752. The second kappa shape index (κ2) is 5.40.